The van der Waals surface area contributed by atoms with Gasteiger partial charge in [0.2, 0.25) is 5.82 Å². The van der Waals surface area contributed by atoms with E-state index in [4.69, 9.17) is 9.15 Å². The number of anilines is 1. The Kier molecular flexibility index (Phi) is 6.62. The van der Waals surface area contributed by atoms with Crippen LogP contribution in [0.2, 0.25) is 0 Å². The number of ether oxygens (including phenoxy) is 1. The number of thiophene rings is 1. The van der Waals surface area contributed by atoms with Gasteiger partial charge in [0.1, 0.15) is 5.75 Å². The van der Waals surface area contributed by atoms with Crippen LogP contribution < -0.4 is 15.5 Å². The predicted molar refractivity (Wildman–Crippen MR) is 133 cm³/mol. The molecular weight excluding hydrogens is 466 g/mol. The monoisotopic (exact) mass is 487 g/mol. The Morgan fingerprint density at radius 3 is 2.74 bits per heavy atom. The molecule has 0 spiro atoms. The molecule has 3 aromatic heterocycles. The van der Waals surface area contributed by atoms with E-state index in [0.29, 0.717) is 29.0 Å². The molecule has 0 saturated heterocycles. The molecule has 35 heavy (non-hydrogen) atoms. The first-order valence-electron chi connectivity index (χ1n) is 11.0. The number of amides is 1. The number of nitrogens with zero attached hydrogens (tertiary/aromatic N) is 3. The van der Waals surface area contributed by atoms with Gasteiger partial charge in [0.05, 0.1) is 17.7 Å². The van der Waals surface area contributed by atoms with Crippen molar-refractivity contribution in [3.63, 3.8) is 0 Å². The van der Waals surface area contributed by atoms with Crippen molar-refractivity contribution in [2.75, 3.05) is 11.9 Å². The molecule has 0 aliphatic carbocycles. The summed E-state index contributed by atoms with van der Waals surface area (Å²) in [6.07, 6.45) is 3.08. The normalized spacial score (nSPS) is 11.0. The van der Waals surface area contributed by atoms with Crippen molar-refractivity contribution in [3.05, 3.63) is 86.7 Å². The molecule has 0 aliphatic rings. The van der Waals surface area contributed by atoms with Gasteiger partial charge >= 0.3 is 0 Å². The van der Waals surface area contributed by atoms with E-state index >= 15 is 0 Å². The van der Waals surface area contributed by atoms with E-state index in [9.17, 15) is 9.59 Å². The highest BCUT2D eigenvalue weighted by Gasteiger charge is 2.15. The molecule has 0 unspecified atom stereocenters. The average molecular weight is 488 g/mol. The standard InChI is InChI=1S/C25H21N5O4S/c31-21-15-22(24-27-29-30-28-24)34-23-19(21)7-3-8-20(23)26-25(32)16-9-11-17(12-10-16)33-13-2-1-5-18-6-4-14-35-18/h3-4,6-12,14-15H,1-2,5,13H2,(H,26,32)(H,27,28,29,30). The number of rotatable bonds is 9. The molecule has 10 heteroatoms. The van der Waals surface area contributed by atoms with Crippen LogP contribution in [-0.2, 0) is 6.42 Å². The predicted octanol–water partition coefficient (Wildman–Crippen LogP) is 4.69. The van der Waals surface area contributed by atoms with Gasteiger partial charge in [-0.05, 0) is 77.5 Å². The Balaban J connectivity index is 1.24. The molecule has 5 aromatic rings. The highest BCUT2D eigenvalue weighted by molar-refractivity contribution is 7.09. The SMILES string of the molecule is O=C(Nc1cccc2c(=O)cc(-c3nnn[nH]3)oc12)c1ccc(OCCCCc2cccs2)cc1. The van der Waals surface area contributed by atoms with Gasteiger partial charge in [-0.2, -0.15) is 0 Å². The van der Waals surface area contributed by atoms with E-state index in [0.717, 1.165) is 19.3 Å². The number of carbonyl (C=O) groups excluding carboxylic acids is 1. The molecule has 0 aliphatic heterocycles. The Hall–Kier alpha value is -4.31. The second-order valence-corrected chi connectivity index (χ2v) is 8.80. The fourth-order valence-electron chi connectivity index (χ4n) is 3.60. The fraction of sp³-hybridized carbons (Fsp3) is 0.160. The summed E-state index contributed by atoms with van der Waals surface area (Å²) in [4.78, 5) is 26.8. The van der Waals surface area contributed by atoms with Crippen molar-refractivity contribution in [1.82, 2.24) is 20.6 Å². The second kappa shape index (κ2) is 10.3. The number of tetrazole rings is 1. The Morgan fingerprint density at radius 2 is 1.97 bits per heavy atom. The Morgan fingerprint density at radius 1 is 1.09 bits per heavy atom. The number of nitrogens with one attached hydrogen (secondary N) is 2. The maximum Gasteiger partial charge on any atom is 0.255 e. The molecule has 0 bridgehead atoms. The quantitative estimate of drug-likeness (QED) is 0.289. The van der Waals surface area contributed by atoms with E-state index in [2.05, 4.69) is 43.5 Å². The number of aromatic nitrogens is 4. The lowest BCUT2D eigenvalue weighted by Gasteiger charge is -2.10. The minimum Gasteiger partial charge on any atom is -0.494 e. The number of H-pyrrole nitrogens is 1. The van der Waals surface area contributed by atoms with Gasteiger partial charge in [-0.25, -0.2) is 5.10 Å². The summed E-state index contributed by atoms with van der Waals surface area (Å²) in [6, 6.07) is 17.4. The van der Waals surface area contributed by atoms with Crippen LogP contribution in [0.4, 0.5) is 5.69 Å². The second-order valence-electron chi connectivity index (χ2n) is 7.77. The third-order valence-electron chi connectivity index (χ3n) is 5.36. The number of carbonyl (C=O) groups is 1. The molecule has 0 fully saturated rings. The van der Waals surface area contributed by atoms with E-state index < -0.39 is 0 Å². The number of hydrogen-bond donors (Lipinski definition) is 2. The molecule has 5 rings (SSSR count). The summed E-state index contributed by atoms with van der Waals surface area (Å²) in [5.74, 6) is 0.756. The van der Waals surface area contributed by atoms with Gasteiger partial charge < -0.3 is 14.5 Å². The summed E-state index contributed by atoms with van der Waals surface area (Å²) < 4.78 is 11.7. The summed E-state index contributed by atoms with van der Waals surface area (Å²) in [5.41, 5.74) is 0.780. The summed E-state index contributed by atoms with van der Waals surface area (Å²) in [7, 11) is 0. The van der Waals surface area contributed by atoms with Crippen LogP contribution in [0, 0.1) is 0 Å². The summed E-state index contributed by atoms with van der Waals surface area (Å²) in [6.45, 7) is 0.620. The molecule has 0 saturated carbocycles. The highest BCUT2D eigenvalue weighted by Crippen LogP contribution is 2.26. The van der Waals surface area contributed by atoms with Crippen LogP contribution in [0.15, 0.2) is 75.3 Å². The molecule has 2 aromatic carbocycles. The fourth-order valence-corrected chi connectivity index (χ4v) is 4.35. The first-order chi connectivity index (χ1) is 17.2. The zero-order chi connectivity index (χ0) is 24.0. The Labute approximate surface area is 203 Å². The van der Waals surface area contributed by atoms with E-state index in [1.54, 1.807) is 53.8 Å². The zero-order valence-corrected chi connectivity index (χ0v) is 19.4. The number of hydrogen-bond acceptors (Lipinski definition) is 8. The molecule has 0 radical (unpaired) electrons. The molecule has 1 amide bonds. The average Bonchev–Trinajstić information content (AvgIpc) is 3.59. The summed E-state index contributed by atoms with van der Waals surface area (Å²) >= 11 is 1.77. The highest BCUT2D eigenvalue weighted by atomic mass is 32.1. The topological polar surface area (TPSA) is 123 Å². The van der Waals surface area contributed by atoms with Crippen LogP contribution in [0.1, 0.15) is 28.1 Å². The van der Waals surface area contributed by atoms with Gasteiger partial charge in [-0.1, -0.05) is 12.1 Å². The number of aryl methyl sites for hydroxylation is 1. The van der Waals surface area contributed by atoms with Crippen molar-refractivity contribution in [2.45, 2.75) is 19.3 Å². The van der Waals surface area contributed by atoms with Crippen molar-refractivity contribution in [3.8, 4) is 17.3 Å². The van der Waals surface area contributed by atoms with Crippen LogP contribution >= 0.6 is 11.3 Å². The number of unbranched alkanes of at least 4 members (excludes halogenated alkanes) is 1. The lowest BCUT2D eigenvalue weighted by Crippen LogP contribution is -2.13. The van der Waals surface area contributed by atoms with Crippen molar-refractivity contribution in [2.24, 2.45) is 0 Å². The minimum absolute atomic E-state index is 0.172. The molecule has 9 nitrogen and oxygen atoms in total. The smallest absolute Gasteiger partial charge is 0.255 e. The van der Waals surface area contributed by atoms with Crippen molar-refractivity contribution < 1.29 is 13.9 Å². The Bertz CT molecular complexity index is 1480. The van der Waals surface area contributed by atoms with Gasteiger partial charge in [-0.15, -0.1) is 16.4 Å². The molecular formula is C25H21N5O4S. The van der Waals surface area contributed by atoms with Crippen LogP contribution in [0.5, 0.6) is 5.75 Å². The van der Waals surface area contributed by atoms with Gasteiger partial charge in [0.15, 0.2) is 16.8 Å². The van der Waals surface area contributed by atoms with Crippen LogP contribution in [-0.4, -0.2) is 33.1 Å². The first kappa shape index (κ1) is 22.5. The van der Waals surface area contributed by atoms with Gasteiger partial charge in [-0.3, -0.25) is 9.59 Å². The maximum atomic E-state index is 12.9. The van der Waals surface area contributed by atoms with Gasteiger partial charge in [0, 0.05) is 16.5 Å². The maximum absolute atomic E-state index is 12.9. The van der Waals surface area contributed by atoms with Crippen molar-refractivity contribution >= 4 is 33.9 Å². The number of aromatic amines is 1. The molecule has 3 heterocycles. The molecule has 176 valence electrons. The lowest BCUT2D eigenvalue weighted by atomic mass is 10.1. The van der Waals surface area contributed by atoms with Crippen molar-refractivity contribution in [1.29, 1.82) is 0 Å². The first-order valence-corrected chi connectivity index (χ1v) is 11.9. The number of benzene rings is 2. The third-order valence-corrected chi connectivity index (χ3v) is 6.30. The van der Waals surface area contributed by atoms with E-state index in [-0.39, 0.29) is 28.5 Å². The minimum atomic E-state index is -0.339. The zero-order valence-electron chi connectivity index (χ0n) is 18.6. The largest absolute Gasteiger partial charge is 0.494 e. The number of para-hydroxylation sites is 1. The lowest BCUT2D eigenvalue weighted by molar-refractivity contribution is 0.102. The van der Waals surface area contributed by atoms with Crippen LogP contribution in [0.3, 0.4) is 0 Å². The van der Waals surface area contributed by atoms with E-state index in [1.165, 1.54) is 10.9 Å². The molecule has 0 atom stereocenters. The van der Waals surface area contributed by atoms with Crippen LogP contribution in [0.25, 0.3) is 22.6 Å². The van der Waals surface area contributed by atoms with Gasteiger partial charge in [0.25, 0.3) is 5.91 Å². The summed E-state index contributed by atoms with van der Waals surface area (Å²) in [5, 5.41) is 18.6. The third kappa shape index (κ3) is 5.28. The van der Waals surface area contributed by atoms with E-state index in [1.807, 2.05) is 0 Å². The number of fused-ring (bicyclic) bond motifs is 1. The molecule has 2 N–H and O–H groups in total.